The molecule has 5 nitrogen and oxygen atoms in total. The Morgan fingerprint density at radius 1 is 1.44 bits per heavy atom. The zero-order chi connectivity index (χ0) is 12.8. The van der Waals surface area contributed by atoms with Gasteiger partial charge in [0.05, 0.1) is 5.41 Å². The highest BCUT2D eigenvalue weighted by Gasteiger charge is 2.31. The number of carboxylic acids is 1. The van der Waals surface area contributed by atoms with Crippen molar-refractivity contribution in [1.82, 2.24) is 10.6 Å². The molecule has 3 N–H and O–H groups in total. The molecule has 0 aliphatic rings. The van der Waals surface area contributed by atoms with Gasteiger partial charge in [-0.15, -0.1) is 0 Å². The molecule has 0 fully saturated rings. The number of carbonyl (C=O) groups excluding carboxylic acids is 1. The number of aliphatic carboxylic acids is 1. The van der Waals surface area contributed by atoms with E-state index in [1.54, 1.807) is 27.8 Å². The molecule has 0 spiro atoms. The monoisotopic (exact) mass is 230 g/mol. The molecule has 94 valence electrons. The highest BCUT2D eigenvalue weighted by atomic mass is 16.4. The molecule has 0 aliphatic carbocycles. The van der Waals surface area contributed by atoms with Crippen LogP contribution in [0.2, 0.25) is 0 Å². The van der Waals surface area contributed by atoms with E-state index in [0.717, 1.165) is 0 Å². The van der Waals surface area contributed by atoms with Crippen molar-refractivity contribution >= 4 is 11.9 Å². The van der Waals surface area contributed by atoms with E-state index in [-0.39, 0.29) is 18.4 Å². The third kappa shape index (κ3) is 4.18. The van der Waals surface area contributed by atoms with E-state index in [0.29, 0.717) is 13.0 Å². The predicted molar refractivity (Wildman–Crippen MR) is 62.1 cm³/mol. The number of hydrogen-bond acceptors (Lipinski definition) is 3. The first-order valence-electron chi connectivity index (χ1n) is 5.53. The average molecular weight is 230 g/mol. The lowest BCUT2D eigenvalue weighted by atomic mass is 9.87. The van der Waals surface area contributed by atoms with Crippen LogP contribution in [0.3, 0.4) is 0 Å². The van der Waals surface area contributed by atoms with E-state index < -0.39 is 11.4 Å². The Bertz CT molecular complexity index is 256. The molecule has 0 bridgehead atoms. The minimum Gasteiger partial charge on any atom is -0.481 e. The maximum atomic E-state index is 11.6. The van der Waals surface area contributed by atoms with Crippen molar-refractivity contribution < 1.29 is 14.7 Å². The first-order chi connectivity index (χ1) is 7.37. The van der Waals surface area contributed by atoms with Crippen molar-refractivity contribution in [2.45, 2.75) is 27.2 Å². The lowest BCUT2D eigenvalue weighted by molar-refractivity contribution is -0.148. The molecule has 16 heavy (non-hydrogen) atoms. The summed E-state index contributed by atoms with van der Waals surface area (Å²) in [5.41, 5.74) is -0.880. The van der Waals surface area contributed by atoms with Crippen LogP contribution in [0.15, 0.2) is 0 Å². The third-order valence-electron chi connectivity index (χ3n) is 2.91. The van der Waals surface area contributed by atoms with Crippen molar-refractivity contribution in [3.63, 3.8) is 0 Å². The molecule has 0 saturated heterocycles. The summed E-state index contributed by atoms with van der Waals surface area (Å²) in [6.45, 7) is 6.00. The molecule has 2 atom stereocenters. The molecule has 0 radical (unpaired) electrons. The van der Waals surface area contributed by atoms with E-state index in [1.807, 2.05) is 0 Å². The van der Waals surface area contributed by atoms with Gasteiger partial charge in [0.15, 0.2) is 0 Å². The average Bonchev–Trinajstić information content (AvgIpc) is 2.25. The highest BCUT2D eigenvalue weighted by Crippen LogP contribution is 2.19. The van der Waals surface area contributed by atoms with Gasteiger partial charge >= 0.3 is 5.97 Å². The molecule has 2 unspecified atom stereocenters. The summed E-state index contributed by atoms with van der Waals surface area (Å²) < 4.78 is 0. The van der Waals surface area contributed by atoms with Crippen LogP contribution in [0.25, 0.3) is 0 Å². The van der Waals surface area contributed by atoms with Crippen LogP contribution in [0, 0.1) is 11.3 Å². The number of hydrogen-bond donors (Lipinski definition) is 3. The molecule has 0 aromatic carbocycles. The van der Waals surface area contributed by atoms with Crippen LogP contribution in [0.5, 0.6) is 0 Å². The lowest BCUT2D eigenvalue weighted by Crippen LogP contribution is -2.43. The largest absolute Gasteiger partial charge is 0.481 e. The normalized spacial score (nSPS) is 16.2. The highest BCUT2D eigenvalue weighted by molar-refractivity contribution is 5.80. The van der Waals surface area contributed by atoms with Crippen LogP contribution in [0.1, 0.15) is 27.2 Å². The molecule has 0 rings (SSSR count). The molecule has 0 aliphatic heterocycles. The van der Waals surface area contributed by atoms with E-state index in [1.165, 1.54) is 0 Å². The quantitative estimate of drug-likeness (QED) is 0.593. The summed E-state index contributed by atoms with van der Waals surface area (Å²) in [7, 11) is 1.77. The maximum absolute atomic E-state index is 11.6. The van der Waals surface area contributed by atoms with Gasteiger partial charge in [-0.25, -0.2) is 0 Å². The summed E-state index contributed by atoms with van der Waals surface area (Å²) in [5, 5.41) is 14.6. The van der Waals surface area contributed by atoms with E-state index >= 15 is 0 Å². The number of rotatable bonds is 7. The summed E-state index contributed by atoms with van der Waals surface area (Å²) in [5.74, 6) is -1.15. The second kappa shape index (κ2) is 6.48. The molecular weight excluding hydrogens is 208 g/mol. The summed E-state index contributed by atoms with van der Waals surface area (Å²) in [4.78, 5) is 22.6. The third-order valence-corrected chi connectivity index (χ3v) is 2.91. The Kier molecular flexibility index (Phi) is 6.03. The maximum Gasteiger partial charge on any atom is 0.311 e. The molecule has 0 aromatic rings. The van der Waals surface area contributed by atoms with Crippen molar-refractivity contribution in [2.75, 3.05) is 20.1 Å². The second-order valence-electron chi connectivity index (χ2n) is 4.40. The Morgan fingerprint density at radius 3 is 2.38 bits per heavy atom. The minimum absolute atomic E-state index is 0.115. The molecule has 0 aromatic heterocycles. The van der Waals surface area contributed by atoms with E-state index in [9.17, 15) is 9.59 Å². The minimum atomic E-state index is -0.880. The fourth-order valence-electron chi connectivity index (χ4n) is 1.21. The van der Waals surface area contributed by atoms with Crippen molar-refractivity contribution in [3.05, 3.63) is 0 Å². The number of nitrogens with one attached hydrogen (secondary N) is 2. The SMILES string of the molecule is CCC(C)(CNC(=O)C(C)CNC)C(=O)O. The van der Waals surface area contributed by atoms with Crippen LogP contribution in [0.4, 0.5) is 0 Å². The van der Waals surface area contributed by atoms with Gasteiger partial charge in [0.25, 0.3) is 0 Å². The van der Waals surface area contributed by atoms with Gasteiger partial charge in [0.1, 0.15) is 0 Å². The zero-order valence-electron chi connectivity index (χ0n) is 10.5. The van der Waals surface area contributed by atoms with E-state index in [2.05, 4.69) is 10.6 Å². The van der Waals surface area contributed by atoms with Gasteiger partial charge in [0.2, 0.25) is 5.91 Å². The van der Waals surface area contributed by atoms with Crippen LogP contribution in [-0.2, 0) is 9.59 Å². The van der Waals surface area contributed by atoms with Crippen LogP contribution >= 0.6 is 0 Å². The van der Waals surface area contributed by atoms with Gasteiger partial charge in [-0.3, -0.25) is 9.59 Å². The lowest BCUT2D eigenvalue weighted by Gasteiger charge is -2.24. The fourth-order valence-corrected chi connectivity index (χ4v) is 1.21. The van der Waals surface area contributed by atoms with Gasteiger partial charge < -0.3 is 15.7 Å². The molecule has 0 saturated carbocycles. The Labute approximate surface area is 96.6 Å². The molecule has 1 amide bonds. The number of carboxylic acid groups (broad SMARTS) is 1. The summed E-state index contributed by atoms with van der Waals surface area (Å²) in [6.07, 6.45) is 0.489. The first kappa shape index (κ1) is 14.9. The predicted octanol–water partition coefficient (Wildman–Crippen LogP) is 0.459. The fraction of sp³-hybridized carbons (Fsp3) is 0.818. The van der Waals surface area contributed by atoms with Crippen molar-refractivity contribution in [2.24, 2.45) is 11.3 Å². The van der Waals surface area contributed by atoms with Gasteiger partial charge in [0, 0.05) is 19.0 Å². The molecule has 5 heteroatoms. The smallest absolute Gasteiger partial charge is 0.311 e. The van der Waals surface area contributed by atoms with E-state index in [4.69, 9.17) is 5.11 Å². The summed E-state index contributed by atoms with van der Waals surface area (Å²) >= 11 is 0. The first-order valence-corrected chi connectivity index (χ1v) is 5.53. The van der Waals surface area contributed by atoms with Crippen LogP contribution in [-0.4, -0.2) is 37.1 Å². The van der Waals surface area contributed by atoms with Gasteiger partial charge in [-0.2, -0.15) is 0 Å². The number of amides is 1. The topological polar surface area (TPSA) is 78.4 Å². The van der Waals surface area contributed by atoms with Crippen molar-refractivity contribution in [3.8, 4) is 0 Å². The van der Waals surface area contributed by atoms with Gasteiger partial charge in [-0.05, 0) is 20.4 Å². The van der Waals surface area contributed by atoms with Crippen LogP contribution < -0.4 is 10.6 Å². The standard InChI is InChI=1S/C11H22N2O3/c1-5-11(3,10(15)16)7-13-9(14)8(2)6-12-4/h8,12H,5-7H2,1-4H3,(H,13,14)(H,15,16). The Hall–Kier alpha value is -1.10. The second-order valence-corrected chi connectivity index (χ2v) is 4.40. The number of carbonyl (C=O) groups is 2. The summed E-state index contributed by atoms with van der Waals surface area (Å²) in [6, 6.07) is 0. The Balaban J connectivity index is 4.22. The molecule has 0 heterocycles. The van der Waals surface area contributed by atoms with Crippen molar-refractivity contribution in [1.29, 1.82) is 0 Å². The molecular formula is C11H22N2O3. The van der Waals surface area contributed by atoms with Gasteiger partial charge in [-0.1, -0.05) is 13.8 Å². The Morgan fingerprint density at radius 2 is 2.00 bits per heavy atom. The zero-order valence-corrected chi connectivity index (χ0v) is 10.5.